The number of carbonyl (C=O) groups excluding carboxylic acids is 1. The molecule has 1 fully saturated rings. The van der Waals surface area contributed by atoms with Crippen LogP contribution in [0.3, 0.4) is 0 Å². The molecule has 0 saturated carbocycles. The summed E-state index contributed by atoms with van der Waals surface area (Å²) in [4.78, 5) is 11.8. The van der Waals surface area contributed by atoms with Gasteiger partial charge in [-0.05, 0) is 25.5 Å². The molecule has 0 bridgehead atoms. The number of carbonyl (C=O) groups is 1. The molecule has 1 amide bonds. The first-order valence-corrected chi connectivity index (χ1v) is 6.50. The van der Waals surface area contributed by atoms with Gasteiger partial charge in [0.15, 0.2) is 6.61 Å². The van der Waals surface area contributed by atoms with E-state index in [1.807, 2.05) is 6.92 Å². The minimum absolute atomic E-state index is 0.00136. The first kappa shape index (κ1) is 13.7. The third-order valence-electron chi connectivity index (χ3n) is 3.29. The lowest BCUT2D eigenvalue weighted by atomic mass is 10.0. The molecule has 1 aliphatic rings. The SMILES string of the molecule is CC(NC(=O)COc1cccc(N)c1)C1CCOC1. The van der Waals surface area contributed by atoms with Crippen LogP contribution in [0.1, 0.15) is 13.3 Å². The Bertz CT molecular complexity index is 430. The lowest BCUT2D eigenvalue weighted by molar-refractivity contribution is -0.124. The highest BCUT2D eigenvalue weighted by Crippen LogP contribution is 2.16. The van der Waals surface area contributed by atoms with E-state index in [1.165, 1.54) is 0 Å². The average Bonchev–Trinajstić information content (AvgIpc) is 2.90. The largest absolute Gasteiger partial charge is 0.484 e. The topological polar surface area (TPSA) is 73.6 Å². The second kappa shape index (κ2) is 6.43. The monoisotopic (exact) mass is 264 g/mol. The molecule has 3 N–H and O–H groups in total. The van der Waals surface area contributed by atoms with E-state index < -0.39 is 0 Å². The Labute approximate surface area is 113 Å². The van der Waals surface area contributed by atoms with Crippen molar-refractivity contribution in [2.75, 3.05) is 25.6 Å². The van der Waals surface area contributed by atoms with Crippen LogP contribution in [0.25, 0.3) is 0 Å². The zero-order valence-electron chi connectivity index (χ0n) is 11.1. The quantitative estimate of drug-likeness (QED) is 0.783. The summed E-state index contributed by atoms with van der Waals surface area (Å²) in [5.41, 5.74) is 6.25. The highest BCUT2D eigenvalue weighted by Gasteiger charge is 2.23. The number of nitrogens with one attached hydrogen (secondary N) is 1. The Morgan fingerprint density at radius 2 is 2.47 bits per heavy atom. The summed E-state index contributed by atoms with van der Waals surface area (Å²) < 4.78 is 10.7. The van der Waals surface area contributed by atoms with Crippen molar-refractivity contribution >= 4 is 11.6 Å². The average molecular weight is 264 g/mol. The van der Waals surface area contributed by atoms with Crippen molar-refractivity contribution in [1.29, 1.82) is 0 Å². The summed E-state index contributed by atoms with van der Waals surface area (Å²) >= 11 is 0. The fraction of sp³-hybridized carbons (Fsp3) is 0.500. The minimum atomic E-state index is -0.123. The summed E-state index contributed by atoms with van der Waals surface area (Å²) in [6.07, 6.45) is 0.998. The van der Waals surface area contributed by atoms with Crippen molar-refractivity contribution in [3.8, 4) is 5.75 Å². The normalized spacial score (nSPS) is 19.9. The van der Waals surface area contributed by atoms with Crippen LogP contribution in [0.4, 0.5) is 5.69 Å². The predicted molar refractivity (Wildman–Crippen MR) is 72.9 cm³/mol. The summed E-state index contributed by atoms with van der Waals surface area (Å²) in [5.74, 6) is 0.880. The summed E-state index contributed by atoms with van der Waals surface area (Å²) in [7, 11) is 0. The molecule has 0 aliphatic carbocycles. The van der Waals surface area contributed by atoms with Crippen molar-refractivity contribution in [3.63, 3.8) is 0 Å². The number of ether oxygens (including phenoxy) is 2. The maximum absolute atomic E-state index is 11.8. The van der Waals surface area contributed by atoms with Crippen LogP contribution in [0.5, 0.6) is 5.75 Å². The molecule has 19 heavy (non-hydrogen) atoms. The third kappa shape index (κ3) is 4.13. The molecular formula is C14H20N2O3. The summed E-state index contributed by atoms with van der Waals surface area (Å²) in [6, 6.07) is 7.15. The number of amides is 1. The third-order valence-corrected chi connectivity index (χ3v) is 3.29. The van der Waals surface area contributed by atoms with Crippen molar-refractivity contribution < 1.29 is 14.3 Å². The zero-order valence-corrected chi connectivity index (χ0v) is 11.1. The molecule has 1 aromatic carbocycles. The highest BCUT2D eigenvalue weighted by molar-refractivity contribution is 5.77. The highest BCUT2D eigenvalue weighted by atomic mass is 16.5. The minimum Gasteiger partial charge on any atom is -0.484 e. The van der Waals surface area contributed by atoms with Gasteiger partial charge >= 0.3 is 0 Å². The van der Waals surface area contributed by atoms with Gasteiger partial charge in [0.25, 0.3) is 5.91 Å². The molecule has 104 valence electrons. The molecule has 2 atom stereocenters. The number of rotatable bonds is 5. The molecule has 5 nitrogen and oxygen atoms in total. The summed E-state index contributed by atoms with van der Waals surface area (Å²) in [6.45, 7) is 3.50. The smallest absolute Gasteiger partial charge is 0.258 e. The van der Waals surface area contributed by atoms with Gasteiger partial charge in [-0.15, -0.1) is 0 Å². The van der Waals surface area contributed by atoms with Crippen LogP contribution >= 0.6 is 0 Å². The van der Waals surface area contributed by atoms with Gasteiger partial charge in [0.1, 0.15) is 5.75 Å². The van der Waals surface area contributed by atoms with Crippen LogP contribution < -0.4 is 15.8 Å². The Kier molecular flexibility index (Phi) is 4.63. The van der Waals surface area contributed by atoms with Crippen LogP contribution in [-0.4, -0.2) is 31.8 Å². The molecular weight excluding hydrogens is 244 g/mol. The molecule has 0 radical (unpaired) electrons. The van der Waals surface area contributed by atoms with Gasteiger partial charge in [0.2, 0.25) is 0 Å². The lowest BCUT2D eigenvalue weighted by Gasteiger charge is -2.19. The second-order valence-electron chi connectivity index (χ2n) is 4.84. The molecule has 1 heterocycles. The molecule has 1 aliphatic heterocycles. The van der Waals surface area contributed by atoms with Gasteiger partial charge in [-0.2, -0.15) is 0 Å². The molecule has 0 spiro atoms. The zero-order chi connectivity index (χ0) is 13.7. The van der Waals surface area contributed by atoms with E-state index in [2.05, 4.69) is 5.32 Å². The maximum Gasteiger partial charge on any atom is 0.258 e. The van der Waals surface area contributed by atoms with Crippen molar-refractivity contribution in [3.05, 3.63) is 24.3 Å². The fourth-order valence-electron chi connectivity index (χ4n) is 2.11. The van der Waals surface area contributed by atoms with Gasteiger partial charge in [0.05, 0.1) is 6.61 Å². The van der Waals surface area contributed by atoms with Gasteiger partial charge in [0, 0.05) is 30.3 Å². The van der Waals surface area contributed by atoms with Crippen LogP contribution in [0.2, 0.25) is 0 Å². The first-order chi connectivity index (χ1) is 9.15. The first-order valence-electron chi connectivity index (χ1n) is 6.50. The van der Waals surface area contributed by atoms with Crippen LogP contribution in [0, 0.1) is 5.92 Å². The maximum atomic E-state index is 11.8. The lowest BCUT2D eigenvalue weighted by Crippen LogP contribution is -2.40. The molecule has 2 rings (SSSR count). The van der Waals surface area contributed by atoms with Gasteiger partial charge in [-0.1, -0.05) is 6.07 Å². The fourth-order valence-corrected chi connectivity index (χ4v) is 2.11. The van der Waals surface area contributed by atoms with Crippen LogP contribution in [-0.2, 0) is 9.53 Å². The molecule has 2 unspecified atom stereocenters. The molecule has 5 heteroatoms. The van der Waals surface area contributed by atoms with Crippen molar-refractivity contribution in [2.45, 2.75) is 19.4 Å². The number of anilines is 1. The number of hydrogen-bond donors (Lipinski definition) is 2. The number of nitrogens with two attached hydrogens (primary N) is 1. The van der Waals surface area contributed by atoms with Crippen LogP contribution in [0.15, 0.2) is 24.3 Å². The van der Waals surface area contributed by atoms with Gasteiger partial charge in [-0.3, -0.25) is 4.79 Å². The van der Waals surface area contributed by atoms with E-state index in [4.69, 9.17) is 15.2 Å². The van der Waals surface area contributed by atoms with E-state index in [9.17, 15) is 4.79 Å². The predicted octanol–water partition coefficient (Wildman–Crippen LogP) is 1.19. The van der Waals surface area contributed by atoms with Crippen molar-refractivity contribution in [1.82, 2.24) is 5.32 Å². The Balaban J connectivity index is 1.75. The van der Waals surface area contributed by atoms with E-state index in [0.29, 0.717) is 17.4 Å². The second-order valence-corrected chi connectivity index (χ2v) is 4.84. The van der Waals surface area contributed by atoms with Crippen molar-refractivity contribution in [2.24, 2.45) is 5.92 Å². The molecule has 1 saturated heterocycles. The number of benzene rings is 1. The Morgan fingerprint density at radius 1 is 1.63 bits per heavy atom. The Hall–Kier alpha value is -1.75. The molecule has 1 aromatic rings. The Morgan fingerprint density at radius 3 is 3.16 bits per heavy atom. The standard InChI is InChI=1S/C14H20N2O3/c1-10(11-5-6-18-8-11)16-14(17)9-19-13-4-2-3-12(15)7-13/h2-4,7,10-11H,5-6,8-9,15H2,1H3,(H,16,17). The summed E-state index contributed by atoms with van der Waals surface area (Å²) in [5, 5.41) is 2.93. The van der Waals surface area contributed by atoms with E-state index in [1.54, 1.807) is 24.3 Å². The van der Waals surface area contributed by atoms with Gasteiger partial charge < -0.3 is 20.5 Å². The van der Waals surface area contributed by atoms with Gasteiger partial charge in [-0.25, -0.2) is 0 Å². The number of nitrogen functional groups attached to an aromatic ring is 1. The van der Waals surface area contributed by atoms with E-state index in [-0.39, 0.29) is 18.6 Å². The van der Waals surface area contributed by atoms with E-state index in [0.717, 1.165) is 19.6 Å². The molecule has 0 aromatic heterocycles. The number of hydrogen-bond acceptors (Lipinski definition) is 4. The van der Waals surface area contributed by atoms with E-state index >= 15 is 0 Å².